The number of aliphatic hydroxyl groups is 1. The predicted molar refractivity (Wildman–Crippen MR) is 113 cm³/mol. The summed E-state index contributed by atoms with van der Waals surface area (Å²) in [5.41, 5.74) is 0.361. The van der Waals surface area contributed by atoms with Crippen LogP contribution in [0.3, 0.4) is 0 Å². The van der Waals surface area contributed by atoms with Crippen LogP contribution in [0.2, 0.25) is 0 Å². The van der Waals surface area contributed by atoms with Gasteiger partial charge in [0.25, 0.3) is 0 Å². The molecule has 5 nitrogen and oxygen atoms in total. The van der Waals surface area contributed by atoms with Crippen molar-refractivity contribution in [2.75, 3.05) is 24.7 Å². The molecule has 28 heavy (non-hydrogen) atoms. The highest BCUT2D eigenvalue weighted by Crippen LogP contribution is 2.26. The SMILES string of the molecule is C=C(C)C(=O)OCCSc1ccc(S(=O)(=O)c2ccc(SCCO)cc2)cc1. The zero-order valence-electron chi connectivity index (χ0n) is 15.5. The summed E-state index contributed by atoms with van der Waals surface area (Å²) >= 11 is 2.94. The zero-order chi connectivity index (χ0) is 20.6. The van der Waals surface area contributed by atoms with Gasteiger partial charge in [-0.2, -0.15) is 0 Å². The van der Waals surface area contributed by atoms with Gasteiger partial charge in [0.2, 0.25) is 9.84 Å². The maximum Gasteiger partial charge on any atom is 0.333 e. The molecule has 0 bridgehead atoms. The molecule has 1 N–H and O–H groups in total. The molecule has 0 atom stereocenters. The van der Waals surface area contributed by atoms with Crippen molar-refractivity contribution >= 4 is 39.3 Å². The molecule has 0 spiro atoms. The third-order valence-corrected chi connectivity index (χ3v) is 7.32. The van der Waals surface area contributed by atoms with Crippen LogP contribution in [-0.4, -0.2) is 44.2 Å². The van der Waals surface area contributed by atoms with Crippen LogP contribution in [0.1, 0.15) is 6.92 Å². The summed E-state index contributed by atoms with van der Waals surface area (Å²) in [5.74, 6) is 0.721. The molecule has 2 aromatic carbocycles. The second-order valence-corrected chi connectivity index (χ2v) is 10.1. The van der Waals surface area contributed by atoms with Crippen LogP contribution >= 0.6 is 23.5 Å². The summed E-state index contributed by atoms with van der Waals surface area (Å²) in [6.07, 6.45) is 0. The Morgan fingerprint density at radius 2 is 1.43 bits per heavy atom. The molecular formula is C20H22O5S3. The second kappa shape index (κ2) is 10.7. The van der Waals surface area contributed by atoms with Crippen LogP contribution in [0.25, 0.3) is 0 Å². The van der Waals surface area contributed by atoms with E-state index in [4.69, 9.17) is 9.84 Å². The minimum atomic E-state index is -3.59. The Bertz CT molecular complexity index is 904. The Kier molecular flexibility index (Phi) is 8.62. The Labute approximate surface area is 174 Å². The third kappa shape index (κ3) is 6.41. The lowest BCUT2D eigenvalue weighted by Gasteiger charge is -2.08. The summed E-state index contributed by atoms with van der Waals surface area (Å²) in [6, 6.07) is 13.3. The van der Waals surface area contributed by atoms with E-state index in [1.165, 1.54) is 23.5 Å². The highest BCUT2D eigenvalue weighted by Gasteiger charge is 2.17. The smallest absolute Gasteiger partial charge is 0.333 e. The standard InChI is InChI=1S/C20H22O5S3/c1-15(2)20(22)25-12-14-27-17-5-9-19(10-6-17)28(23,24)18-7-3-16(4-8-18)26-13-11-21/h3-10,21H,1,11-14H2,2H3. The first-order valence-corrected chi connectivity index (χ1v) is 11.9. The number of benzene rings is 2. The van der Waals surface area contributed by atoms with Gasteiger partial charge < -0.3 is 9.84 Å². The molecule has 0 radical (unpaired) electrons. The van der Waals surface area contributed by atoms with E-state index in [1.807, 2.05) is 0 Å². The van der Waals surface area contributed by atoms with E-state index in [9.17, 15) is 13.2 Å². The Morgan fingerprint density at radius 1 is 0.964 bits per heavy atom. The number of carbonyl (C=O) groups is 1. The summed E-state index contributed by atoms with van der Waals surface area (Å²) in [7, 11) is -3.59. The molecule has 0 amide bonds. The topological polar surface area (TPSA) is 80.7 Å². The van der Waals surface area contributed by atoms with Gasteiger partial charge in [0.1, 0.15) is 6.61 Å². The average Bonchev–Trinajstić information content (AvgIpc) is 2.70. The van der Waals surface area contributed by atoms with E-state index in [2.05, 4.69) is 6.58 Å². The number of rotatable bonds is 10. The van der Waals surface area contributed by atoms with Gasteiger partial charge in [0, 0.05) is 26.9 Å². The lowest BCUT2D eigenvalue weighted by atomic mass is 10.4. The van der Waals surface area contributed by atoms with Crippen molar-refractivity contribution in [2.45, 2.75) is 26.5 Å². The van der Waals surface area contributed by atoms with Gasteiger partial charge in [-0.3, -0.25) is 0 Å². The fraction of sp³-hybridized carbons (Fsp3) is 0.250. The van der Waals surface area contributed by atoms with E-state index in [1.54, 1.807) is 55.5 Å². The van der Waals surface area contributed by atoms with Gasteiger partial charge in [-0.25, -0.2) is 13.2 Å². The molecule has 0 aromatic heterocycles. The number of esters is 1. The third-order valence-electron chi connectivity index (χ3n) is 3.56. The van der Waals surface area contributed by atoms with Crippen LogP contribution in [0.4, 0.5) is 0 Å². The molecule has 0 saturated carbocycles. The predicted octanol–water partition coefficient (Wildman–Crippen LogP) is 3.82. The summed E-state index contributed by atoms with van der Waals surface area (Å²) in [6.45, 7) is 5.45. The van der Waals surface area contributed by atoms with Crippen LogP contribution in [0.15, 0.2) is 80.3 Å². The number of carbonyl (C=O) groups excluding carboxylic acids is 1. The van der Waals surface area contributed by atoms with Gasteiger partial charge in [-0.15, -0.1) is 23.5 Å². The normalized spacial score (nSPS) is 11.2. The molecule has 8 heteroatoms. The molecule has 0 heterocycles. The van der Waals surface area contributed by atoms with Crippen LogP contribution < -0.4 is 0 Å². The number of thioether (sulfide) groups is 2. The first-order chi connectivity index (χ1) is 13.3. The first kappa shape index (κ1) is 22.5. The molecule has 0 saturated heterocycles. The van der Waals surface area contributed by atoms with Gasteiger partial charge in [0.05, 0.1) is 16.4 Å². The monoisotopic (exact) mass is 438 g/mol. The van der Waals surface area contributed by atoms with E-state index in [0.29, 0.717) is 17.1 Å². The maximum absolute atomic E-state index is 12.8. The molecule has 2 rings (SSSR count). The van der Waals surface area contributed by atoms with Crippen LogP contribution in [0, 0.1) is 0 Å². The highest BCUT2D eigenvalue weighted by molar-refractivity contribution is 7.99. The quantitative estimate of drug-likeness (QED) is 0.261. The largest absolute Gasteiger partial charge is 0.461 e. The fourth-order valence-corrected chi connectivity index (χ4v) is 4.79. The van der Waals surface area contributed by atoms with E-state index in [0.717, 1.165) is 9.79 Å². The van der Waals surface area contributed by atoms with Gasteiger partial charge in [-0.05, 0) is 55.5 Å². The number of hydrogen-bond donors (Lipinski definition) is 1. The number of hydrogen-bond acceptors (Lipinski definition) is 7. The number of sulfone groups is 1. The highest BCUT2D eigenvalue weighted by atomic mass is 32.2. The van der Waals surface area contributed by atoms with Crippen molar-refractivity contribution < 1.29 is 23.1 Å². The van der Waals surface area contributed by atoms with E-state index < -0.39 is 15.8 Å². The summed E-state index contributed by atoms with van der Waals surface area (Å²) in [5, 5.41) is 8.85. The lowest BCUT2D eigenvalue weighted by Crippen LogP contribution is -2.07. The van der Waals surface area contributed by atoms with Crippen LogP contribution in [-0.2, 0) is 19.4 Å². The van der Waals surface area contributed by atoms with Crippen molar-refractivity contribution in [1.29, 1.82) is 0 Å². The molecular weight excluding hydrogens is 416 g/mol. The minimum Gasteiger partial charge on any atom is -0.461 e. The van der Waals surface area contributed by atoms with Crippen molar-refractivity contribution in [1.82, 2.24) is 0 Å². The van der Waals surface area contributed by atoms with Crippen molar-refractivity contribution in [3.05, 3.63) is 60.7 Å². The molecule has 0 aliphatic carbocycles. The number of aliphatic hydroxyl groups excluding tert-OH is 1. The molecule has 150 valence electrons. The molecule has 2 aromatic rings. The van der Waals surface area contributed by atoms with Gasteiger partial charge >= 0.3 is 5.97 Å². The van der Waals surface area contributed by atoms with Crippen molar-refractivity contribution in [3.8, 4) is 0 Å². The Hall–Kier alpha value is -1.74. The minimum absolute atomic E-state index is 0.0748. The van der Waals surface area contributed by atoms with Crippen molar-refractivity contribution in [3.63, 3.8) is 0 Å². The van der Waals surface area contributed by atoms with Crippen molar-refractivity contribution in [2.24, 2.45) is 0 Å². The van der Waals surface area contributed by atoms with Gasteiger partial charge in [-0.1, -0.05) is 6.58 Å². The van der Waals surface area contributed by atoms with Crippen LogP contribution in [0.5, 0.6) is 0 Å². The lowest BCUT2D eigenvalue weighted by molar-refractivity contribution is -0.138. The Balaban J connectivity index is 1.97. The summed E-state index contributed by atoms with van der Waals surface area (Å²) < 4.78 is 30.5. The molecule has 0 aliphatic rings. The molecule has 0 unspecified atom stereocenters. The average molecular weight is 439 g/mol. The van der Waals surface area contributed by atoms with E-state index >= 15 is 0 Å². The maximum atomic E-state index is 12.8. The fourth-order valence-electron chi connectivity index (χ4n) is 2.15. The number of ether oxygens (including phenoxy) is 1. The van der Waals surface area contributed by atoms with Gasteiger partial charge in [0.15, 0.2) is 0 Å². The Morgan fingerprint density at radius 3 is 1.86 bits per heavy atom. The zero-order valence-corrected chi connectivity index (χ0v) is 17.9. The summed E-state index contributed by atoms with van der Waals surface area (Å²) in [4.78, 5) is 13.6. The molecule has 0 fully saturated rings. The molecule has 0 aliphatic heterocycles. The second-order valence-electron chi connectivity index (χ2n) is 5.78. The first-order valence-electron chi connectivity index (χ1n) is 8.49. The van der Waals surface area contributed by atoms with E-state index in [-0.39, 0.29) is 23.0 Å².